The summed E-state index contributed by atoms with van der Waals surface area (Å²) >= 11 is 10.5. The summed E-state index contributed by atoms with van der Waals surface area (Å²) in [4.78, 5) is 0. The molecule has 0 saturated heterocycles. The zero-order chi connectivity index (χ0) is 4.28. The van der Waals surface area contributed by atoms with E-state index >= 15 is 0 Å². The molecule has 0 radical (unpaired) electrons. The minimum Gasteiger partial charge on any atom is -0.125 e. The summed E-state index contributed by atoms with van der Waals surface area (Å²) in [5, 5.41) is 0.122. The Bertz CT molecular complexity index is 19.5. The summed E-state index contributed by atoms with van der Waals surface area (Å²) in [5.41, 5.74) is 0. The highest BCUT2D eigenvalue weighted by atomic mass is 35.5. The van der Waals surface area contributed by atoms with Gasteiger partial charge in [-0.05, 0) is 6.92 Å². The van der Waals surface area contributed by atoms with E-state index in [0.29, 0.717) is 5.88 Å². The lowest BCUT2D eigenvalue weighted by molar-refractivity contribution is 1.11. The van der Waals surface area contributed by atoms with Crippen molar-refractivity contribution in [2.75, 3.05) is 5.88 Å². The van der Waals surface area contributed by atoms with Gasteiger partial charge < -0.3 is 0 Å². The van der Waals surface area contributed by atoms with E-state index in [-0.39, 0.29) is 12.8 Å². The van der Waals surface area contributed by atoms with Crippen molar-refractivity contribution in [2.45, 2.75) is 19.7 Å². The summed E-state index contributed by atoms with van der Waals surface area (Å²) in [6.45, 7) is 1.86. The molecule has 0 aliphatic rings. The highest BCUT2D eigenvalue weighted by molar-refractivity contribution is 6.27. The SMILES string of the molecule is C.CC(Cl)CCl. The molecule has 6 heavy (non-hydrogen) atoms. The Hall–Kier alpha value is 0.580. The van der Waals surface area contributed by atoms with Gasteiger partial charge in [-0.25, -0.2) is 0 Å². The number of halogens is 2. The molecule has 0 fully saturated rings. The summed E-state index contributed by atoms with van der Waals surface area (Å²) < 4.78 is 0. The largest absolute Gasteiger partial charge is 0.125 e. The van der Waals surface area contributed by atoms with Crippen LogP contribution in [0.4, 0.5) is 0 Å². The minimum atomic E-state index is 0. The van der Waals surface area contributed by atoms with E-state index in [1.54, 1.807) is 0 Å². The van der Waals surface area contributed by atoms with E-state index in [0.717, 1.165) is 0 Å². The average Bonchev–Trinajstić information content (AvgIpc) is 1.38. The second-order valence-electron chi connectivity index (χ2n) is 0.935. The molecule has 0 heterocycles. The molecule has 2 heteroatoms. The van der Waals surface area contributed by atoms with Gasteiger partial charge in [-0.1, -0.05) is 7.43 Å². The van der Waals surface area contributed by atoms with Crippen LogP contribution in [-0.2, 0) is 0 Å². The molecule has 1 unspecified atom stereocenters. The lowest BCUT2D eigenvalue weighted by atomic mass is 10.6. The molecule has 40 valence electrons. The molecule has 0 aromatic carbocycles. The van der Waals surface area contributed by atoms with Gasteiger partial charge in [-0.15, -0.1) is 23.2 Å². The van der Waals surface area contributed by atoms with Crippen molar-refractivity contribution in [1.29, 1.82) is 0 Å². The van der Waals surface area contributed by atoms with Gasteiger partial charge >= 0.3 is 0 Å². The van der Waals surface area contributed by atoms with Gasteiger partial charge in [0.25, 0.3) is 0 Å². The van der Waals surface area contributed by atoms with Crippen LogP contribution in [0.3, 0.4) is 0 Å². The van der Waals surface area contributed by atoms with E-state index in [2.05, 4.69) is 0 Å². The van der Waals surface area contributed by atoms with Crippen LogP contribution in [-0.4, -0.2) is 11.3 Å². The van der Waals surface area contributed by atoms with E-state index in [9.17, 15) is 0 Å². The van der Waals surface area contributed by atoms with Crippen molar-refractivity contribution >= 4 is 23.2 Å². The zero-order valence-corrected chi connectivity index (χ0v) is 4.55. The van der Waals surface area contributed by atoms with Gasteiger partial charge in [0.15, 0.2) is 0 Å². The van der Waals surface area contributed by atoms with Crippen LogP contribution >= 0.6 is 23.2 Å². The highest BCUT2D eigenvalue weighted by Crippen LogP contribution is 1.93. The molecule has 0 saturated carbocycles. The standard InChI is InChI=1S/C3H6Cl2.CH4/c1-3(5)2-4;/h3H,2H2,1H3;1H4. The Morgan fingerprint density at radius 3 is 1.83 bits per heavy atom. The smallest absolute Gasteiger partial charge is 0.0443 e. The van der Waals surface area contributed by atoms with Crippen LogP contribution in [0.1, 0.15) is 14.4 Å². The Balaban J connectivity index is 0. The third-order valence-electron chi connectivity index (χ3n) is 0.213. The molecule has 0 aromatic heterocycles. The molecule has 0 spiro atoms. The van der Waals surface area contributed by atoms with Crippen molar-refractivity contribution < 1.29 is 0 Å². The first-order chi connectivity index (χ1) is 2.27. The normalized spacial score (nSPS) is 12.5. The molecule has 0 nitrogen and oxygen atoms in total. The molecule has 0 N–H and O–H groups in total. The van der Waals surface area contributed by atoms with Gasteiger partial charge in [0.05, 0.1) is 0 Å². The van der Waals surface area contributed by atoms with Gasteiger partial charge in [0.2, 0.25) is 0 Å². The molecule has 0 aromatic rings. The lowest BCUT2D eigenvalue weighted by Gasteiger charge is -1.85. The Morgan fingerprint density at radius 1 is 1.67 bits per heavy atom. The van der Waals surface area contributed by atoms with E-state index in [4.69, 9.17) is 23.2 Å². The van der Waals surface area contributed by atoms with Crippen LogP contribution in [0.15, 0.2) is 0 Å². The molecule has 0 amide bonds. The van der Waals surface area contributed by atoms with Crippen molar-refractivity contribution in [1.82, 2.24) is 0 Å². The second kappa shape index (κ2) is 5.58. The van der Waals surface area contributed by atoms with Gasteiger partial charge in [-0.3, -0.25) is 0 Å². The maximum atomic E-state index is 5.33. The monoisotopic (exact) mass is 128 g/mol. The van der Waals surface area contributed by atoms with Crippen molar-refractivity contribution in [3.63, 3.8) is 0 Å². The van der Waals surface area contributed by atoms with Crippen LogP contribution < -0.4 is 0 Å². The fourth-order valence-electron chi connectivity index (χ4n) is 0. The molecule has 0 bridgehead atoms. The fraction of sp³-hybridized carbons (Fsp3) is 1.00. The summed E-state index contributed by atoms with van der Waals surface area (Å²) in [6, 6.07) is 0. The number of alkyl halides is 2. The van der Waals surface area contributed by atoms with Gasteiger partial charge in [0, 0.05) is 11.3 Å². The molecule has 0 aliphatic heterocycles. The molecule has 1 atom stereocenters. The number of rotatable bonds is 1. The average molecular weight is 129 g/mol. The van der Waals surface area contributed by atoms with E-state index < -0.39 is 0 Å². The summed E-state index contributed by atoms with van der Waals surface area (Å²) in [7, 11) is 0. The van der Waals surface area contributed by atoms with E-state index in [1.807, 2.05) is 6.92 Å². The molecule has 0 aliphatic carbocycles. The van der Waals surface area contributed by atoms with E-state index in [1.165, 1.54) is 0 Å². The third kappa shape index (κ3) is 8.82. The van der Waals surface area contributed by atoms with Crippen LogP contribution in [0.5, 0.6) is 0 Å². The molecular weight excluding hydrogens is 119 g/mol. The maximum Gasteiger partial charge on any atom is 0.0443 e. The fourth-order valence-corrected chi connectivity index (χ4v) is 0. The predicted octanol–water partition coefficient (Wildman–Crippen LogP) is 2.49. The second-order valence-corrected chi connectivity index (χ2v) is 1.99. The Labute approximate surface area is 49.4 Å². The first-order valence-electron chi connectivity index (χ1n) is 1.47. The van der Waals surface area contributed by atoms with Crippen molar-refractivity contribution in [3.8, 4) is 0 Å². The topological polar surface area (TPSA) is 0 Å². The highest BCUT2D eigenvalue weighted by Gasteiger charge is 1.85. The van der Waals surface area contributed by atoms with Crippen molar-refractivity contribution in [2.24, 2.45) is 0 Å². The number of hydrogen-bond donors (Lipinski definition) is 0. The van der Waals surface area contributed by atoms with Crippen LogP contribution in [0, 0.1) is 0 Å². The first-order valence-corrected chi connectivity index (χ1v) is 2.44. The summed E-state index contributed by atoms with van der Waals surface area (Å²) in [5.74, 6) is 0.543. The zero-order valence-electron chi connectivity index (χ0n) is 3.04. The molecular formula is C4H10Cl2. The van der Waals surface area contributed by atoms with Crippen LogP contribution in [0.25, 0.3) is 0 Å². The van der Waals surface area contributed by atoms with Gasteiger partial charge in [-0.2, -0.15) is 0 Å². The van der Waals surface area contributed by atoms with Crippen molar-refractivity contribution in [3.05, 3.63) is 0 Å². The Morgan fingerprint density at radius 2 is 1.83 bits per heavy atom. The summed E-state index contributed by atoms with van der Waals surface area (Å²) in [6.07, 6.45) is 0. The third-order valence-corrected chi connectivity index (χ3v) is 0.988. The number of hydrogen-bond acceptors (Lipinski definition) is 0. The minimum absolute atomic E-state index is 0. The first kappa shape index (κ1) is 9.77. The Kier molecular flexibility index (Phi) is 9.08. The molecule has 0 rings (SSSR count). The lowest BCUT2D eigenvalue weighted by Crippen LogP contribution is -1.87. The maximum absolute atomic E-state index is 5.33. The predicted molar refractivity (Wildman–Crippen MR) is 32.8 cm³/mol. The quantitative estimate of drug-likeness (QED) is 0.477. The van der Waals surface area contributed by atoms with Gasteiger partial charge in [0.1, 0.15) is 0 Å². The van der Waals surface area contributed by atoms with Crippen LogP contribution in [0.2, 0.25) is 0 Å².